The van der Waals surface area contributed by atoms with E-state index in [1.807, 2.05) is 18.9 Å². The first-order chi connectivity index (χ1) is 5.86. The van der Waals surface area contributed by atoms with Crippen LogP contribution in [0.15, 0.2) is 0 Å². The van der Waals surface area contributed by atoms with Crippen LogP contribution >= 0.6 is 12.2 Å². The van der Waals surface area contributed by atoms with Gasteiger partial charge in [-0.15, -0.1) is 0 Å². The van der Waals surface area contributed by atoms with E-state index in [4.69, 9.17) is 23.7 Å². The van der Waals surface area contributed by atoms with Crippen molar-refractivity contribution in [2.45, 2.75) is 32.4 Å². The van der Waals surface area contributed by atoms with Crippen LogP contribution in [0.4, 0.5) is 0 Å². The van der Waals surface area contributed by atoms with Gasteiger partial charge in [0, 0.05) is 12.5 Å². The Kier molecular flexibility index (Phi) is 4.87. The van der Waals surface area contributed by atoms with E-state index in [0.29, 0.717) is 11.4 Å². The number of rotatable bonds is 5. The van der Waals surface area contributed by atoms with Crippen LogP contribution in [0.3, 0.4) is 0 Å². The van der Waals surface area contributed by atoms with Crippen LogP contribution in [0.2, 0.25) is 0 Å². The zero-order valence-electron chi connectivity index (χ0n) is 8.28. The summed E-state index contributed by atoms with van der Waals surface area (Å²) in [5.41, 5.74) is 10.6. The van der Waals surface area contributed by atoms with Gasteiger partial charge in [-0.3, -0.25) is 9.69 Å². The largest absolute Gasteiger partial charge is 0.393 e. The minimum absolute atomic E-state index is 0.139. The fourth-order valence-corrected chi connectivity index (χ4v) is 1.26. The summed E-state index contributed by atoms with van der Waals surface area (Å²) >= 11 is 4.78. The second-order valence-electron chi connectivity index (χ2n) is 3.26. The van der Waals surface area contributed by atoms with Crippen molar-refractivity contribution in [3.63, 3.8) is 0 Å². The third-order valence-corrected chi connectivity index (χ3v) is 2.38. The number of amides is 1. The van der Waals surface area contributed by atoms with Crippen LogP contribution in [-0.2, 0) is 4.79 Å². The van der Waals surface area contributed by atoms with Gasteiger partial charge in [0.2, 0.25) is 5.91 Å². The zero-order chi connectivity index (χ0) is 10.6. The Morgan fingerprint density at radius 2 is 1.92 bits per heavy atom. The third kappa shape index (κ3) is 4.19. The summed E-state index contributed by atoms with van der Waals surface area (Å²) in [5.74, 6) is -0.336. The molecule has 0 bridgehead atoms. The predicted molar refractivity (Wildman–Crippen MR) is 57.3 cm³/mol. The molecule has 0 aliphatic carbocycles. The molecule has 0 aromatic rings. The molecule has 2 unspecified atom stereocenters. The van der Waals surface area contributed by atoms with Gasteiger partial charge in [0.15, 0.2) is 0 Å². The van der Waals surface area contributed by atoms with Crippen LogP contribution in [0.1, 0.15) is 20.3 Å². The third-order valence-electron chi connectivity index (χ3n) is 2.21. The molecule has 0 saturated carbocycles. The summed E-state index contributed by atoms with van der Waals surface area (Å²) in [6.45, 7) is 3.72. The van der Waals surface area contributed by atoms with Crippen LogP contribution in [0.25, 0.3) is 0 Å². The number of likely N-dealkylation sites (N-methyl/N-ethyl adjacent to an activating group) is 1. The molecular weight excluding hydrogens is 186 g/mol. The molecule has 13 heavy (non-hydrogen) atoms. The molecule has 0 saturated heterocycles. The molecule has 0 rings (SSSR count). The normalized spacial score (nSPS) is 15.4. The molecule has 0 aromatic heterocycles. The van der Waals surface area contributed by atoms with Gasteiger partial charge in [-0.05, 0) is 20.9 Å². The lowest BCUT2D eigenvalue weighted by atomic mass is 10.1. The fourth-order valence-electron chi connectivity index (χ4n) is 1.02. The highest BCUT2D eigenvalue weighted by Crippen LogP contribution is 2.05. The molecule has 0 aliphatic heterocycles. The average Bonchev–Trinajstić information content (AvgIpc) is 2.00. The Bertz CT molecular complexity index is 208. The molecule has 0 spiro atoms. The number of thiocarbonyl (C=S) groups is 1. The molecule has 0 radical (unpaired) electrons. The summed E-state index contributed by atoms with van der Waals surface area (Å²) in [5, 5.41) is 0. The summed E-state index contributed by atoms with van der Waals surface area (Å²) < 4.78 is 0. The molecule has 2 atom stereocenters. The van der Waals surface area contributed by atoms with Gasteiger partial charge >= 0.3 is 0 Å². The highest BCUT2D eigenvalue weighted by molar-refractivity contribution is 7.80. The summed E-state index contributed by atoms with van der Waals surface area (Å²) in [4.78, 5) is 13.2. The maximum atomic E-state index is 10.8. The number of carbonyl (C=O) groups is 1. The van der Waals surface area contributed by atoms with Gasteiger partial charge in [0.25, 0.3) is 0 Å². The van der Waals surface area contributed by atoms with E-state index in [1.165, 1.54) is 0 Å². The summed E-state index contributed by atoms with van der Waals surface area (Å²) in [6.07, 6.45) is 0.601. The highest BCUT2D eigenvalue weighted by Gasteiger charge is 2.20. The van der Waals surface area contributed by atoms with E-state index in [0.717, 1.165) is 0 Å². The Labute approximate surface area is 84.3 Å². The van der Waals surface area contributed by atoms with E-state index in [1.54, 1.807) is 6.92 Å². The van der Waals surface area contributed by atoms with Crippen LogP contribution in [0.5, 0.6) is 0 Å². The first-order valence-corrected chi connectivity index (χ1v) is 4.56. The monoisotopic (exact) mass is 203 g/mol. The molecule has 4 N–H and O–H groups in total. The van der Waals surface area contributed by atoms with E-state index in [-0.39, 0.29) is 18.0 Å². The van der Waals surface area contributed by atoms with Crippen LogP contribution in [-0.4, -0.2) is 34.9 Å². The minimum atomic E-state index is -0.336. The lowest BCUT2D eigenvalue weighted by Gasteiger charge is -2.28. The zero-order valence-corrected chi connectivity index (χ0v) is 9.10. The van der Waals surface area contributed by atoms with E-state index in [9.17, 15) is 4.79 Å². The van der Waals surface area contributed by atoms with Crippen molar-refractivity contribution >= 4 is 23.1 Å². The molecule has 0 heterocycles. The SMILES string of the molecule is CC(CC(N)=S)N(C)C(C)C(N)=O. The van der Waals surface area contributed by atoms with E-state index >= 15 is 0 Å². The number of hydrogen-bond acceptors (Lipinski definition) is 3. The smallest absolute Gasteiger partial charge is 0.234 e. The van der Waals surface area contributed by atoms with Gasteiger partial charge < -0.3 is 11.5 Å². The second-order valence-corrected chi connectivity index (χ2v) is 3.79. The Morgan fingerprint density at radius 3 is 2.23 bits per heavy atom. The number of hydrogen-bond donors (Lipinski definition) is 2. The van der Waals surface area contributed by atoms with Gasteiger partial charge in [-0.2, -0.15) is 0 Å². The summed E-state index contributed by atoms with van der Waals surface area (Å²) in [6, 6.07) is -0.149. The lowest BCUT2D eigenvalue weighted by Crippen LogP contribution is -2.45. The Balaban J connectivity index is 4.16. The van der Waals surface area contributed by atoms with Crippen molar-refractivity contribution < 1.29 is 4.79 Å². The topological polar surface area (TPSA) is 72.3 Å². The molecule has 0 fully saturated rings. The van der Waals surface area contributed by atoms with E-state index < -0.39 is 0 Å². The highest BCUT2D eigenvalue weighted by atomic mass is 32.1. The Hall–Kier alpha value is -0.680. The standard InChI is InChI=1S/C8H17N3OS/c1-5(4-7(9)13)11(3)6(2)8(10)12/h5-6H,4H2,1-3H3,(H2,9,13)(H2,10,12). The Morgan fingerprint density at radius 1 is 1.46 bits per heavy atom. The van der Waals surface area contributed by atoms with Crippen LogP contribution < -0.4 is 11.5 Å². The molecule has 0 aliphatic rings. The number of primary amides is 1. The average molecular weight is 203 g/mol. The van der Waals surface area contributed by atoms with Crippen molar-refractivity contribution in [1.82, 2.24) is 4.90 Å². The molecule has 5 heteroatoms. The lowest BCUT2D eigenvalue weighted by molar-refractivity contribution is -0.122. The van der Waals surface area contributed by atoms with Gasteiger partial charge in [-0.1, -0.05) is 12.2 Å². The number of nitrogens with two attached hydrogens (primary N) is 2. The first-order valence-electron chi connectivity index (χ1n) is 4.15. The number of carbonyl (C=O) groups excluding carboxylic acids is 1. The number of nitrogens with zero attached hydrogens (tertiary/aromatic N) is 1. The minimum Gasteiger partial charge on any atom is -0.393 e. The van der Waals surface area contributed by atoms with Gasteiger partial charge in [0.05, 0.1) is 11.0 Å². The van der Waals surface area contributed by atoms with Gasteiger partial charge in [-0.25, -0.2) is 0 Å². The van der Waals surface area contributed by atoms with Gasteiger partial charge in [0.1, 0.15) is 0 Å². The quantitative estimate of drug-likeness (QED) is 0.610. The molecular formula is C8H17N3OS. The second kappa shape index (κ2) is 5.14. The maximum absolute atomic E-state index is 10.8. The van der Waals surface area contributed by atoms with Crippen molar-refractivity contribution in [3.05, 3.63) is 0 Å². The van der Waals surface area contributed by atoms with Crippen molar-refractivity contribution in [2.24, 2.45) is 11.5 Å². The van der Waals surface area contributed by atoms with Crippen molar-refractivity contribution in [2.75, 3.05) is 7.05 Å². The predicted octanol–water partition coefficient (Wildman–Crippen LogP) is -0.143. The van der Waals surface area contributed by atoms with E-state index in [2.05, 4.69) is 0 Å². The molecule has 0 aromatic carbocycles. The van der Waals surface area contributed by atoms with Crippen molar-refractivity contribution in [1.29, 1.82) is 0 Å². The van der Waals surface area contributed by atoms with Crippen LogP contribution in [0, 0.1) is 0 Å². The molecule has 4 nitrogen and oxygen atoms in total. The first kappa shape index (κ1) is 12.3. The molecule has 1 amide bonds. The fraction of sp³-hybridized carbons (Fsp3) is 0.750. The van der Waals surface area contributed by atoms with Crippen molar-refractivity contribution in [3.8, 4) is 0 Å². The maximum Gasteiger partial charge on any atom is 0.234 e. The molecule has 76 valence electrons. The summed E-state index contributed by atoms with van der Waals surface area (Å²) in [7, 11) is 1.83.